The highest BCUT2D eigenvalue weighted by molar-refractivity contribution is 5.87. The van der Waals surface area contributed by atoms with Gasteiger partial charge < -0.3 is 9.47 Å². The van der Waals surface area contributed by atoms with Gasteiger partial charge in [0, 0.05) is 12.3 Å². The van der Waals surface area contributed by atoms with Crippen LogP contribution in [-0.2, 0) is 9.53 Å². The Kier molecular flexibility index (Phi) is 12.7. The smallest absolute Gasteiger partial charge is 0.330 e. The van der Waals surface area contributed by atoms with Gasteiger partial charge >= 0.3 is 5.97 Å². The van der Waals surface area contributed by atoms with E-state index in [-0.39, 0.29) is 5.97 Å². The van der Waals surface area contributed by atoms with Crippen LogP contribution in [0.15, 0.2) is 59.6 Å². The molecule has 0 aliphatic rings. The molecule has 0 aromatic heterocycles. The van der Waals surface area contributed by atoms with Crippen LogP contribution in [0.2, 0.25) is 0 Å². The summed E-state index contributed by atoms with van der Waals surface area (Å²) in [6, 6.07) is 15.7. The molecular weight excluding hydrogens is 410 g/mol. The Hall–Kier alpha value is -2.88. The van der Waals surface area contributed by atoms with Gasteiger partial charge in [0.05, 0.1) is 18.9 Å². The average Bonchev–Trinajstić information content (AvgIpc) is 2.85. The summed E-state index contributed by atoms with van der Waals surface area (Å²) in [6.45, 7) is 7.62. The van der Waals surface area contributed by atoms with Gasteiger partial charge in [-0.3, -0.25) is 4.99 Å². The van der Waals surface area contributed by atoms with Crippen molar-refractivity contribution in [3.8, 4) is 5.75 Å². The number of unbranched alkanes of at least 4 members (excludes halogenated alkanes) is 5. The molecule has 2 aromatic carbocycles. The van der Waals surface area contributed by atoms with Crippen LogP contribution in [0.25, 0.3) is 6.08 Å². The first kappa shape index (κ1) is 26.4. The summed E-state index contributed by atoms with van der Waals surface area (Å²) in [6.07, 6.45) is 13.7. The summed E-state index contributed by atoms with van der Waals surface area (Å²) < 4.78 is 11.1. The van der Waals surface area contributed by atoms with Crippen molar-refractivity contribution in [3.05, 3.63) is 65.7 Å². The zero-order valence-electron chi connectivity index (χ0n) is 20.5. The maximum atomic E-state index is 11.8. The van der Waals surface area contributed by atoms with Crippen molar-refractivity contribution < 1.29 is 14.3 Å². The number of carbonyl (C=O) groups is 1. The third-order valence-electron chi connectivity index (χ3n) is 5.52. The molecule has 0 bridgehead atoms. The molecule has 0 saturated carbocycles. The van der Waals surface area contributed by atoms with Crippen LogP contribution in [0.1, 0.15) is 76.8 Å². The molecule has 2 rings (SSSR count). The third-order valence-corrected chi connectivity index (χ3v) is 5.52. The van der Waals surface area contributed by atoms with Crippen LogP contribution < -0.4 is 4.74 Å². The molecule has 1 unspecified atom stereocenters. The van der Waals surface area contributed by atoms with E-state index in [1.807, 2.05) is 54.7 Å². The van der Waals surface area contributed by atoms with E-state index in [9.17, 15) is 4.79 Å². The summed E-state index contributed by atoms with van der Waals surface area (Å²) in [4.78, 5) is 16.3. The quantitative estimate of drug-likeness (QED) is 0.121. The van der Waals surface area contributed by atoms with Crippen LogP contribution in [0, 0.1) is 5.92 Å². The molecule has 0 spiro atoms. The Morgan fingerprint density at radius 1 is 0.909 bits per heavy atom. The lowest BCUT2D eigenvalue weighted by Gasteiger charge is -2.07. The summed E-state index contributed by atoms with van der Waals surface area (Å²) >= 11 is 0. The number of benzene rings is 2. The second-order valence-electron chi connectivity index (χ2n) is 8.51. The predicted molar refractivity (Wildman–Crippen MR) is 138 cm³/mol. The first-order valence-corrected chi connectivity index (χ1v) is 12.3. The van der Waals surface area contributed by atoms with E-state index in [2.05, 4.69) is 25.8 Å². The number of aliphatic imine (C=N–C) groups is 1. The first-order valence-electron chi connectivity index (χ1n) is 12.3. The second-order valence-corrected chi connectivity index (χ2v) is 8.51. The van der Waals surface area contributed by atoms with Gasteiger partial charge in [-0.1, -0.05) is 71.4 Å². The summed E-state index contributed by atoms with van der Waals surface area (Å²) in [7, 11) is 0. The SMILES string of the molecule is CCCCCCCCOc1ccc(C=Nc2ccc(/C=C/C(=O)OCC(C)CC)cc2)cc1. The van der Waals surface area contributed by atoms with Gasteiger partial charge in [0.15, 0.2) is 0 Å². The van der Waals surface area contributed by atoms with Crippen LogP contribution in [0.3, 0.4) is 0 Å². The highest BCUT2D eigenvalue weighted by Crippen LogP contribution is 2.16. The van der Waals surface area contributed by atoms with Crippen molar-refractivity contribution in [2.45, 2.75) is 65.7 Å². The van der Waals surface area contributed by atoms with E-state index in [0.29, 0.717) is 12.5 Å². The highest BCUT2D eigenvalue weighted by atomic mass is 16.5. The number of esters is 1. The molecule has 1 atom stereocenters. The van der Waals surface area contributed by atoms with Crippen molar-refractivity contribution in [2.24, 2.45) is 10.9 Å². The second kappa shape index (κ2) is 15.8. The Morgan fingerprint density at radius 3 is 2.27 bits per heavy atom. The standard InChI is InChI=1S/C29H39NO3/c1-4-6-7-8-9-10-21-32-28-18-13-26(14-19-28)22-30-27-16-11-25(12-17-27)15-20-29(31)33-23-24(3)5-2/h11-20,22,24H,4-10,21,23H2,1-3H3/b20-15+,30-22?. The number of ether oxygens (including phenoxy) is 2. The molecule has 0 saturated heterocycles. The Morgan fingerprint density at radius 2 is 1.58 bits per heavy atom. The van der Waals surface area contributed by atoms with Crippen molar-refractivity contribution in [1.82, 2.24) is 0 Å². The van der Waals surface area contributed by atoms with Crippen molar-refractivity contribution in [1.29, 1.82) is 0 Å². The fourth-order valence-corrected chi connectivity index (χ4v) is 3.10. The maximum Gasteiger partial charge on any atom is 0.330 e. The minimum absolute atomic E-state index is 0.309. The van der Waals surface area contributed by atoms with Gasteiger partial charge in [-0.2, -0.15) is 0 Å². The lowest BCUT2D eigenvalue weighted by molar-refractivity contribution is -0.138. The monoisotopic (exact) mass is 449 g/mol. The van der Waals surface area contributed by atoms with E-state index < -0.39 is 0 Å². The molecular formula is C29H39NO3. The molecule has 0 heterocycles. The minimum Gasteiger partial charge on any atom is -0.494 e. The third kappa shape index (κ3) is 11.5. The molecule has 0 fully saturated rings. The fourth-order valence-electron chi connectivity index (χ4n) is 3.10. The van der Waals surface area contributed by atoms with Crippen LogP contribution in [-0.4, -0.2) is 25.4 Å². The molecule has 4 heteroatoms. The van der Waals surface area contributed by atoms with Gasteiger partial charge in [-0.15, -0.1) is 0 Å². The average molecular weight is 450 g/mol. The van der Waals surface area contributed by atoms with E-state index >= 15 is 0 Å². The first-order chi connectivity index (χ1) is 16.1. The Labute approximate surface area is 199 Å². The normalized spacial score (nSPS) is 12.3. The molecule has 33 heavy (non-hydrogen) atoms. The van der Waals surface area contributed by atoms with E-state index in [1.54, 1.807) is 6.08 Å². The molecule has 2 aromatic rings. The molecule has 178 valence electrons. The van der Waals surface area contributed by atoms with Gasteiger partial charge in [-0.25, -0.2) is 4.79 Å². The van der Waals surface area contributed by atoms with Gasteiger partial charge in [0.1, 0.15) is 5.75 Å². The van der Waals surface area contributed by atoms with Crippen molar-refractivity contribution >= 4 is 23.9 Å². The maximum absolute atomic E-state index is 11.8. The zero-order valence-corrected chi connectivity index (χ0v) is 20.5. The summed E-state index contributed by atoms with van der Waals surface area (Å²) in [5.74, 6) is 0.977. The fraction of sp³-hybridized carbons (Fsp3) is 0.448. The Balaban J connectivity index is 1.74. The van der Waals surface area contributed by atoms with Gasteiger partial charge in [0.2, 0.25) is 0 Å². The largest absolute Gasteiger partial charge is 0.494 e. The molecule has 0 aliphatic heterocycles. The number of hydrogen-bond acceptors (Lipinski definition) is 4. The van der Waals surface area contributed by atoms with Crippen LogP contribution in [0.5, 0.6) is 5.75 Å². The number of nitrogens with zero attached hydrogens (tertiary/aromatic N) is 1. The van der Waals surface area contributed by atoms with Crippen LogP contribution in [0.4, 0.5) is 5.69 Å². The zero-order chi connectivity index (χ0) is 23.7. The van der Waals surface area contributed by atoms with Gasteiger partial charge in [0.25, 0.3) is 0 Å². The lowest BCUT2D eigenvalue weighted by Crippen LogP contribution is -2.08. The minimum atomic E-state index is -0.309. The van der Waals surface area contributed by atoms with E-state index in [0.717, 1.165) is 42.0 Å². The van der Waals surface area contributed by atoms with E-state index in [4.69, 9.17) is 9.47 Å². The molecule has 0 N–H and O–H groups in total. The highest BCUT2D eigenvalue weighted by Gasteiger charge is 2.02. The lowest BCUT2D eigenvalue weighted by atomic mass is 10.1. The Bertz CT molecular complexity index is 853. The topological polar surface area (TPSA) is 47.9 Å². The van der Waals surface area contributed by atoms with Crippen LogP contribution >= 0.6 is 0 Å². The van der Waals surface area contributed by atoms with Crippen molar-refractivity contribution in [2.75, 3.05) is 13.2 Å². The van der Waals surface area contributed by atoms with Crippen molar-refractivity contribution in [3.63, 3.8) is 0 Å². The summed E-state index contributed by atoms with van der Waals surface area (Å²) in [5.41, 5.74) is 2.81. The molecule has 0 aliphatic carbocycles. The molecule has 4 nitrogen and oxygen atoms in total. The summed E-state index contributed by atoms with van der Waals surface area (Å²) in [5, 5.41) is 0. The number of rotatable bonds is 15. The molecule has 0 radical (unpaired) electrons. The predicted octanol–water partition coefficient (Wildman–Crippen LogP) is 7.78. The van der Waals surface area contributed by atoms with E-state index in [1.165, 1.54) is 38.2 Å². The number of carbonyl (C=O) groups excluding carboxylic acids is 1. The molecule has 0 amide bonds. The number of hydrogen-bond donors (Lipinski definition) is 0. The van der Waals surface area contributed by atoms with Gasteiger partial charge in [-0.05, 0) is 65.9 Å².